The van der Waals surface area contributed by atoms with Crippen LogP contribution in [0.25, 0.3) is 0 Å². The Morgan fingerprint density at radius 1 is 1.47 bits per heavy atom. The number of benzene rings is 1. The largest absolute Gasteiger partial charge is 0.490 e. The molecule has 1 aromatic heterocycles. The van der Waals surface area contributed by atoms with Gasteiger partial charge in [0.1, 0.15) is 18.4 Å². The number of hydrogen-bond acceptors (Lipinski definition) is 3. The van der Waals surface area contributed by atoms with E-state index < -0.39 is 0 Å². The summed E-state index contributed by atoms with van der Waals surface area (Å²) in [5.41, 5.74) is 0.569. The summed E-state index contributed by atoms with van der Waals surface area (Å²) in [7, 11) is 0. The molecule has 0 amide bonds. The molecule has 1 atom stereocenters. The van der Waals surface area contributed by atoms with Gasteiger partial charge in [-0.3, -0.25) is 4.79 Å². The Bertz CT molecular complexity index is 566. The average molecular weight is 249 g/mol. The molecule has 0 fully saturated rings. The van der Waals surface area contributed by atoms with Crippen molar-refractivity contribution < 1.29 is 9.53 Å². The Labute approximate surface area is 103 Å². The van der Waals surface area contributed by atoms with E-state index in [1.807, 2.05) is 0 Å². The zero-order valence-electron chi connectivity index (χ0n) is 8.84. The highest BCUT2D eigenvalue weighted by Gasteiger charge is 2.29. The van der Waals surface area contributed by atoms with Crippen LogP contribution in [0.1, 0.15) is 16.4 Å². The van der Waals surface area contributed by atoms with E-state index in [0.717, 1.165) is 0 Å². The fourth-order valence-electron chi connectivity index (χ4n) is 1.92. The monoisotopic (exact) mass is 248 g/mol. The van der Waals surface area contributed by atoms with Gasteiger partial charge in [-0.2, -0.15) is 0 Å². The summed E-state index contributed by atoms with van der Waals surface area (Å²) in [5.74, 6) is 0.583. The molecule has 1 aromatic carbocycles. The van der Waals surface area contributed by atoms with Crippen LogP contribution in [0.15, 0.2) is 36.9 Å². The van der Waals surface area contributed by atoms with Crippen LogP contribution in [-0.4, -0.2) is 21.9 Å². The summed E-state index contributed by atoms with van der Waals surface area (Å²) in [6.07, 6.45) is 5.02. The van der Waals surface area contributed by atoms with Crippen molar-refractivity contribution in [3.8, 4) is 5.75 Å². The van der Waals surface area contributed by atoms with E-state index in [1.165, 1.54) is 0 Å². The first-order chi connectivity index (χ1) is 8.25. The van der Waals surface area contributed by atoms with E-state index in [2.05, 4.69) is 4.98 Å². The topological polar surface area (TPSA) is 44.1 Å². The predicted molar refractivity (Wildman–Crippen MR) is 62.5 cm³/mol. The van der Waals surface area contributed by atoms with Crippen molar-refractivity contribution in [3.63, 3.8) is 0 Å². The second kappa shape index (κ2) is 3.89. The zero-order chi connectivity index (χ0) is 11.8. The second-order valence-electron chi connectivity index (χ2n) is 3.84. The van der Waals surface area contributed by atoms with Crippen molar-refractivity contribution in [2.45, 2.75) is 6.04 Å². The molecule has 2 heterocycles. The van der Waals surface area contributed by atoms with E-state index in [0.29, 0.717) is 22.9 Å². The Morgan fingerprint density at radius 2 is 2.35 bits per heavy atom. The minimum Gasteiger partial charge on any atom is -0.490 e. The number of rotatable bonds is 1. The SMILES string of the molecule is O=C1c2ccc(Cl)cc2OCC1n1ccnc1. The lowest BCUT2D eigenvalue weighted by Gasteiger charge is -2.24. The predicted octanol–water partition coefficient (Wildman–Crippen LogP) is 2.35. The molecule has 2 aromatic rings. The van der Waals surface area contributed by atoms with Crippen molar-refractivity contribution in [2.24, 2.45) is 0 Å². The van der Waals surface area contributed by atoms with Crippen LogP contribution in [0.2, 0.25) is 5.02 Å². The normalized spacial score (nSPS) is 18.6. The van der Waals surface area contributed by atoms with Crippen LogP contribution in [0.3, 0.4) is 0 Å². The van der Waals surface area contributed by atoms with Gasteiger partial charge in [-0.1, -0.05) is 11.6 Å². The first-order valence-corrected chi connectivity index (χ1v) is 5.57. The molecule has 0 bridgehead atoms. The summed E-state index contributed by atoms with van der Waals surface area (Å²) in [5, 5.41) is 0.567. The molecular weight excluding hydrogens is 240 g/mol. The number of carbonyl (C=O) groups is 1. The van der Waals surface area contributed by atoms with E-state index >= 15 is 0 Å². The third kappa shape index (κ3) is 1.70. The van der Waals surface area contributed by atoms with Crippen molar-refractivity contribution in [1.82, 2.24) is 9.55 Å². The third-order valence-corrected chi connectivity index (χ3v) is 3.03. The van der Waals surface area contributed by atoms with Crippen LogP contribution in [-0.2, 0) is 0 Å². The van der Waals surface area contributed by atoms with Gasteiger partial charge in [-0.25, -0.2) is 4.98 Å². The van der Waals surface area contributed by atoms with Crippen molar-refractivity contribution in [2.75, 3.05) is 6.61 Å². The fourth-order valence-corrected chi connectivity index (χ4v) is 2.08. The van der Waals surface area contributed by atoms with Gasteiger partial charge in [0.15, 0.2) is 5.78 Å². The van der Waals surface area contributed by atoms with Gasteiger partial charge in [0.2, 0.25) is 0 Å². The minimum absolute atomic E-state index is 0.0286. The molecule has 0 aliphatic carbocycles. The molecule has 1 unspecified atom stereocenters. The highest BCUT2D eigenvalue weighted by Crippen LogP contribution is 2.31. The number of ether oxygens (including phenoxy) is 1. The number of fused-ring (bicyclic) bond motifs is 1. The number of Topliss-reactive ketones (excluding diaryl/α,β-unsaturated/α-hetero) is 1. The summed E-state index contributed by atoms with van der Waals surface area (Å²) >= 11 is 5.85. The molecule has 0 saturated heterocycles. The third-order valence-electron chi connectivity index (χ3n) is 2.79. The summed E-state index contributed by atoms with van der Waals surface area (Å²) in [4.78, 5) is 16.2. The highest BCUT2D eigenvalue weighted by molar-refractivity contribution is 6.30. The summed E-state index contributed by atoms with van der Waals surface area (Å²) in [6, 6.07) is 4.71. The lowest BCUT2D eigenvalue weighted by molar-refractivity contribution is 0.0841. The molecule has 1 aliphatic rings. The summed E-state index contributed by atoms with van der Waals surface area (Å²) < 4.78 is 7.31. The number of aromatic nitrogens is 2. The molecule has 0 saturated carbocycles. The minimum atomic E-state index is -0.342. The molecule has 0 radical (unpaired) electrons. The number of nitrogens with zero attached hydrogens (tertiary/aromatic N) is 2. The number of carbonyl (C=O) groups excluding carboxylic acids is 1. The molecule has 0 spiro atoms. The maximum Gasteiger partial charge on any atom is 0.192 e. The molecule has 0 N–H and O–H groups in total. The molecule has 1 aliphatic heterocycles. The Morgan fingerprint density at radius 3 is 3.12 bits per heavy atom. The average Bonchev–Trinajstić information content (AvgIpc) is 2.82. The van der Waals surface area contributed by atoms with Crippen LogP contribution >= 0.6 is 11.6 Å². The smallest absolute Gasteiger partial charge is 0.192 e. The van der Waals surface area contributed by atoms with E-state index in [1.54, 1.807) is 41.5 Å². The van der Waals surface area contributed by atoms with Crippen molar-refractivity contribution in [3.05, 3.63) is 47.5 Å². The molecule has 4 nitrogen and oxygen atoms in total. The van der Waals surface area contributed by atoms with Gasteiger partial charge in [0.25, 0.3) is 0 Å². The Balaban J connectivity index is 2.01. The van der Waals surface area contributed by atoms with E-state index in [4.69, 9.17) is 16.3 Å². The molecule has 5 heteroatoms. The molecule has 86 valence electrons. The van der Waals surface area contributed by atoms with Gasteiger partial charge in [0, 0.05) is 17.4 Å². The van der Waals surface area contributed by atoms with Crippen LogP contribution in [0.4, 0.5) is 0 Å². The van der Waals surface area contributed by atoms with Gasteiger partial charge >= 0.3 is 0 Å². The standard InChI is InChI=1S/C12H9ClN2O2/c13-8-1-2-9-11(5-8)17-6-10(12(9)16)15-4-3-14-7-15/h1-5,7,10H,6H2. The van der Waals surface area contributed by atoms with Crippen LogP contribution in [0, 0.1) is 0 Å². The van der Waals surface area contributed by atoms with Gasteiger partial charge < -0.3 is 9.30 Å². The summed E-state index contributed by atoms with van der Waals surface area (Å²) in [6.45, 7) is 0.308. The van der Waals surface area contributed by atoms with Crippen LogP contribution < -0.4 is 4.74 Å². The van der Waals surface area contributed by atoms with Crippen molar-refractivity contribution in [1.29, 1.82) is 0 Å². The fraction of sp³-hybridized carbons (Fsp3) is 0.167. The van der Waals surface area contributed by atoms with Gasteiger partial charge in [-0.15, -0.1) is 0 Å². The number of hydrogen-bond donors (Lipinski definition) is 0. The first kappa shape index (κ1) is 10.4. The van der Waals surface area contributed by atoms with Gasteiger partial charge in [0.05, 0.1) is 11.9 Å². The van der Waals surface area contributed by atoms with E-state index in [9.17, 15) is 4.79 Å². The van der Waals surface area contributed by atoms with Crippen molar-refractivity contribution >= 4 is 17.4 Å². The van der Waals surface area contributed by atoms with Gasteiger partial charge in [-0.05, 0) is 18.2 Å². The van der Waals surface area contributed by atoms with E-state index in [-0.39, 0.29) is 11.8 Å². The first-order valence-electron chi connectivity index (χ1n) is 5.20. The molecular formula is C12H9ClN2O2. The second-order valence-corrected chi connectivity index (χ2v) is 4.28. The molecule has 3 rings (SSSR count). The molecule has 17 heavy (non-hydrogen) atoms. The number of imidazole rings is 1. The zero-order valence-corrected chi connectivity index (χ0v) is 9.59. The number of ketones is 1. The quantitative estimate of drug-likeness (QED) is 0.778. The number of halogens is 1. The highest BCUT2D eigenvalue weighted by atomic mass is 35.5. The lowest BCUT2D eigenvalue weighted by Crippen LogP contribution is -2.29. The maximum atomic E-state index is 12.3. The lowest BCUT2D eigenvalue weighted by atomic mass is 10.0. The Hall–Kier alpha value is -1.81. The Kier molecular flexibility index (Phi) is 2.37. The maximum absolute atomic E-state index is 12.3. The van der Waals surface area contributed by atoms with Crippen LogP contribution in [0.5, 0.6) is 5.75 Å².